The van der Waals surface area contributed by atoms with Crippen molar-refractivity contribution >= 4 is 23.1 Å². The van der Waals surface area contributed by atoms with Crippen molar-refractivity contribution in [2.75, 3.05) is 12.4 Å². The molecule has 5 heteroatoms. The molecule has 0 fully saturated rings. The smallest absolute Gasteiger partial charge is 0.135 e. The number of hydrogen-bond acceptors (Lipinski definition) is 4. The normalized spacial score (nSPS) is 10.1. The first-order valence-electron chi connectivity index (χ1n) is 5.09. The van der Waals surface area contributed by atoms with Crippen molar-refractivity contribution in [1.82, 2.24) is 9.97 Å². The van der Waals surface area contributed by atoms with E-state index in [1.54, 1.807) is 20.1 Å². The van der Waals surface area contributed by atoms with Crippen LogP contribution in [0.3, 0.4) is 0 Å². The summed E-state index contributed by atoms with van der Waals surface area (Å²) in [7, 11) is 1.63. The highest BCUT2D eigenvalue weighted by atomic mass is 35.5. The number of ether oxygens (including phenoxy) is 1. The van der Waals surface area contributed by atoms with E-state index >= 15 is 0 Å². The number of nitrogens with one attached hydrogen (secondary N) is 1. The molecule has 0 spiro atoms. The Labute approximate surface area is 105 Å². The molecule has 0 amide bonds. The first-order chi connectivity index (χ1) is 8.17. The summed E-state index contributed by atoms with van der Waals surface area (Å²) in [5.41, 5.74) is 0.917. The molecule has 0 unspecified atom stereocenters. The summed E-state index contributed by atoms with van der Waals surface area (Å²) in [4.78, 5) is 8.23. The van der Waals surface area contributed by atoms with Crippen LogP contribution in [0.15, 0.2) is 30.3 Å². The minimum atomic E-state index is 0.425. The van der Waals surface area contributed by atoms with E-state index in [2.05, 4.69) is 15.3 Å². The van der Waals surface area contributed by atoms with E-state index in [1.165, 1.54) is 0 Å². The Morgan fingerprint density at radius 3 is 2.47 bits per heavy atom. The van der Waals surface area contributed by atoms with Crippen molar-refractivity contribution in [3.8, 4) is 5.75 Å². The number of aryl methyl sites for hydroxylation is 1. The Morgan fingerprint density at radius 1 is 1.18 bits per heavy atom. The maximum absolute atomic E-state index is 5.85. The zero-order chi connectivity index (χ0) is 12.3. The predicted molar refractivity (Wildman–Crippen MR) is 68.1 cm³/mol. The monoisotopic (exact) mass is 249 g/mol. The van der Waals surface area contributed by atoms with Crippen molar-refractivity contribution in [3.63, 3.8) is 0 Å². The molecule has 0 bridgehead atoms. The fourth-order valence-corrected chi connectivity index (χ4v) is 1.64. The van der Waals surface area contributed by atoms with Crippen molar-refractivity contribution in [2.45, 2.75) is 6.92 Å². The Hall–Kier alpha value is -1.81. The lowest BCUT2D eigenvalue weighted by Crippen LogP contribution is -1.97. The van der Waals surface area contributed by atoms with Crippen molar-refractivity contribution in [3.05, 3.63) is 41.3 Å². The quantitative estimate of drug-likeness (QED) is 0.849. The second-order valence-electron chi connectivity index (χ2n) is 3.48. The van der Waals surface area contributed by atoms with Crippen LogP contribution in [-0.4, -0.2) is 17.1 Å². The topological polar surface area (TPSA) is 47.0 Å². The van der Waals surface area contributed by atoms with Gasteiger partial charge in [0.25, 0.3) is 0 Å². The molecule has 0 saturated heterocycles. The number of nitrogens with zero attached hydrogens (tertiary/aromatic N) is 2. The van der Waals surface area contributed by atoms with Gasteiger partial charge in [-0.2, -0.15) is 0 Å². The second-order valence-corrected chi connectivity index (χ2v) is 3.86. The minimum Gasteiger partial charge on any atom is -0.497 e. The molecule has 0 saturated carbocycles. The number of anilines is 2. The highest BCUT2D eigenvalue weighted by molar-refractivity contribution is 6.29. The highest BCUT2D eigenvalue weighted by Gasteiger charge is 2.00. The van der Waals surface area contributed by atoms with Gasteiger partial charge in [-0.15, -0.1) is 0 Å². The van der Waals surface area contributed by atoms with Crippen LogP contribution in [0.25, 0.3) is 0 Å². The molecule has 0 aliphatic heterocycles. The van der Waals surface area contributed by atoms with E-state index in [4.69, 9.17) is 16.3 Å². The zero-order valence-electron chi connectivity index (χ0n) is 9.57. The molecule has 88 valence electrons. The van der Waals surface area contributed by atoms with Crippen LogP contribution in [0.5, 0.6) is 5.75 Å². The van der Waals surface area contributed by atoms with Gasteiger partial charge in [-0.25, -0.2) is 9.97 Å². The van der Waals surface area contributed by atoms with Gasteiger partial charge >= 0.3 is 0 Å². The van der Waals surface area contributed by atoms with E-state index in [0.717, 1.165) is 11.4 Å². The van der Waals surface area contributed by atoms with E-state index < -0.39 is 0 Å². The van der Waals surface area contributed by atoms with Gasteiger partial charge in [-0.3, -0.25) is 0 Å². The maximum atomic E-state index is 5.85. The molecule has 0 atom stereocenters. The SMILES string of the molecule is COc1ccc(Nc2cc(Cl)nc(C)n2)cc1. The molecule has 0 aliphatic rings. The molecule has 0 aliphatic carbocycles. The average Bonchev–Trinajstić information content (AvgIpc) is 2.28. The molecule has 1 N–H and O–H groups in total. The lowest BCUT2D eigenvalue weighted by molar-refractivity contribution is 0.415. The number of rotatable bonds is 3. The van der Waals surface area contributed by atoms with Crippen LogP contribution < -0.4 is 10.1 Å². The lowest BCUT2D eigenvalue weighted by Gasteiger charge is -2.07. The summed E-state index contributed by atoms with van der Waals surface area (Å²) in [5, 5.41) is 3.57. The van der Waals surface area contributed by atoms with E-state index in [0.29, 0.717) is 16.8 Å². The van der Waals surface area contributed by atoms with Gasteiger partial charge in [0.1, 0.15) is 22.5 Å². The van der Waals surface area contributed by atoms with Gasteiger partial charge in [-0.1, -0.05) is 11.6 Å². The van der Waals surface area contributed by atoms with E-state index in [9.17, 15) is 0 Å². The number of hydrogen-bond donors (Lipinski definition) is 1. The van der Waals surface area contributed by atoms with Crippen LogP contribution in [0.1, 0.15) is 5.82 Å². The van der Waals surface area contributed by atoms with Crippen LogP contribution in [0.2, 0.25) is 5.15 Å². The number of methoxy groups -OCH3 is 1. The van der Waals surface area contributed by atoms with Crippen molar-refractivity contribution in [1.29, 1.82) is 0 Å². The van der Waals surface area contributed by atoms with Crippen LogP contribution >= 0.6 is 11.6 Å². The largest absolute Gasteiger partial charge is 0.497 e. The summed E-state index contributed by atoms with van der Waals surface area (Å²) in [5.74, 6) is 2.12. The standard InChI is InChI=1S/C12H12ClN3O/c1-8-14-11(13)7-12(15-8)16-9-3-5-10(17-2)6-4-9/h3-7H,1-2H3,(H,14,15,16). The summed E-state index contributed by atoms with van der Waals surface area (Å²) in [6, 6.07) is 9.24. The second kappa shape index (κ2) is 5.01. The van der Waals surface area contributed by atoms with Crippen LogP contribution in [-0.2, 0) is 0 Å². The van der Waals surface area contributed by atoms with Crippen LogP contribution in [0, 0.1) is 6.92 Å². The van der Waals surface area contributed by atoms with E-state index in [1.807, 2.05) is 24.3 Å². The van der Waals surface area contributed by atoms with Gasteiger partial charge in [0, 0.05) is 11.8 Å². The summed E-state index contributed by atoms with van der Waals surface area (Å²) < 4.78 is 5.08. The fraction of sp³-hybridized carbons (Fsp3) is 0.167. The lowest BCUT2D eigenvalue weighted by atomic mass is 10.3. The third-order valence-electron chi connectivity index (χ3n) is 2.17. The third-order valence-corrected chi connectivity index (χ3v) is 2.36. The summed E-state index contributed by atoms with van der Waals surface area (Å²) in [6.45, 7) is 1.80. The predicted octanol–water partition coefficient (Wildman–Crippen LogP) is 3.19. The van der Waals surface area contributed by atoms with Crippen molar-refractivity contribution < 1.29 is 4.74 Å². The summed E-state index contributed by atoms with van der Waals surface area (Å²) >= 11 is 5.85. The van der Waals surface area contributed by atoms with Gasteiger partial charge in [0.05, 0.1) is 7.11 Å². The number of benzene rings is 1. The molecule has 4 nitrogen and oxygen atoms in total. The number of aromatic nitrogens is 2. The molecule has 1 aromatic carbocycles. The van der Waals surface area contributed by atoms with Crippen molar-refractivity contribution in [2.24, 2.45) is 0 Å². The Bertz CT molecular complexity index is 493. The van der Waals surface area contributed by atoms with Gasteiger partial charge in [-0.05, 0) is 31.2 Å². The molecule has 2 rings (SSSR count). The molecular formula is C12H12ClN3O. The maximum Gasteiger partial charge on any atom is 0.135 e. The Balaban J connectivity index is 2.19. The summed E-state index contributed by atoms with van der Waals surface area (Å²) in [6.07, 6.45) is 0. The Morgan fingerprint density at radius 2 is 1.88 bits per heavy atom. The fourth-order valence-electron chi connectivity index (χ4n) is 1.42. The van der Waals surface area contributed by atoms with Gasteiger partial charge in [0.15, 0.2) is 0 Å². The van der Waals surface area contributed by atoms with Gasteiger partial charge < -0.3 is 10.1 Å². The van der Waals surface area contributed by atoms with Gasteiger partial charge in [0.2, 0.25) is 0 Å². The molecular weight excluding hydrogens is 238 g/mol. The zero-order valence-corrected chi connectivity index (χ0v) is 10.3. The molecule has 1 aromatic heterocycles. The first kappa shape index (κ1) is 11.7. The first-order valence-corrected chi connectivity index (χ1v) is 5.47. The molecule has 0 radical (unpaired) electrons. The molecule has 1 heterocycles. The van der Waals surface area contributed by atoms with E-state index in [-0.39, 0.29) is 0 Å². The number of halogens is 1. The average molecular weight is 250 g/mol. The minimum absolute atomic E-state index is 0.425. The highest BCUT2D eigenvalue weighted by Crippen LogP contribution is 2.20. The molecule has 2 aromatic rings. The van der Waals surface area contributed by atoms with Crippen LogP contribution in [0.4, 0.5) is 11.5 Å². The third kappa shape index (κ3) is 3.07. The Kier molecular flexibility index (Phi) is 3.44. The molecule has 17 heavy (non-hydrogen) atoms.